The number of nitrogen functional groups attached to an aromatic ring is 1. The predicted octanol–water partition coefficient (Wildman–Crippen LogP) is 1.44. The van der Waals surface area contributed by atoms with E-state index in [9.17, 15) is 0 Å². The van der Waals surface area contributed by atoms with Crippen LogP contribution in [0.15, 0.2) is 12.4 Å². The highest BCUT2D eigenvalue weighted by atomic mass is 15.2. The maximum atomic E-state index is 5.64. The van der Waals surface area contributed by atoms with Gasteiger partial charge >= 0.3 is 0 Å². The van der Waals surface area contributed by atoms with Crippen LogP contribution in [-0.2, 0) is 0 Å². The zero-order chi connectivity index (χ0) is 9.97. The highest BCUT2D eigenvalue weighted by Crippen LogP contribution is 2.25. The third-order valence-electron chi connectivity index (χ3n) is 2.82. The molecule has 0 radical (unpaired) electrons. The smallest absolute Gasteiger partial charge is 0.134 e. The molecule has 4 heteroatoms. The summed E-state index contributed by atoms with van der Waals surface area (Å²) in [5, 5.41) is 0. The summed E-state index contributed by atoms with van der Waals surface area (Å²) in [5.74, 6) is 1.53. The first-order valence-corrected chi connectivity index (χ1v) is 5.15. The highest BCUT2D eigenvalue weighted by Gasteiger charge is 2.23. The number of rotatable bonds is 2. The molecule has 0 saturated carbocycles. The molecule has 76 valence electrons. The fourth-order valence-electron chi connectivity index (χ4n) is 2.08. The Bertz CT molecular complexity index is 313. The van der Waals surface area contributed by atoms with Gasteiger partial charge < -0.3 is 10.6 Å². The molecule has 1 fully saturated rings. The van der Waals surface area contributed by atoms with Crippen LogP contribution in [0.25, 0.3) is 0 Å². The molecular formula is C10H16N4. The van der Waals surface area contributed by atoms with Gasteiger partial charge in [0, 0.05) is 18.7 Å². The molecule has 1 aromatic heterocycles. The Hall–Kier alpha value is -1.32. The number of hydrogen-bond donors (Lipinski definition) is 1. The molecule has 1 saturated heterocycles. The normalized spacial score (nSPS) is 21.5. The summed E-state index contributed by atoms with van der Waals surface area (Å²) in [7, 11) is 0. The molecule has 0 spiro atoms. The molecular weight excluding hydrogens is 176 g/mol. The molecule has 0 aliphatic carbocycles. The summed E-state index contributed by atoms with van der Waals surface area (Å²) in [5.41, 5.74) is 5.64. The van der Waals surface area contributed by atoms with Gasteiger partial charge in [0.1, 0.15) is 18.0 Å². The first-order chi connectivity index (χ1) is 6.81. The standard InChI is InChI=1S/C10H16N4/c1-2-8-4-3-5-14(8)10-6-9(11)12-7-13-10/h6-8H,2-5H2,1H3,(H2,11,12,13). The van der Waals surface area contributed by atoms with Crippen LogP contribution in [0.2, 0.25) is 0 Å². The molecule has 1 aliphatic rings. The van der Waals surface area contributed by atoms with Crippen LogP contribution in [0.3, 0.4) is 0 Å². The lowest BCUT2D eigenvalue weighted by Crippen LogP contribution is -2.29. The van der Waals surface area contributed by atoms with Crippen LogP contribution in [0.1, 0.15) is 26.2 Å². The van der Waals surface area contributed by atoms with Crippen molar-refractivity contribution in [3.8, 4) is 0 Å². The summed E-state index contributed by atoms with van der Waals surface area (Å²) in [6.45, 7) is 3.31. The second-order valence-electron chi connectivity index (χ2n) is 3.70. The van der Waals surface area contributed by atoms with Gasteiger partial charge in [0.25, 0.3) is 0 Å². The molecule has 14 heavy (non-hydrogen) atoms. The quantitative estimate of drug-likeness (QED) is 0.770. The first-order valence-electron chi connectivity index (χ1n) is 5.15. The minimum atomic E-state index is 0.553. The second kappa shape index (κ2) is 3.82. The van der Waals surface area contributed by atoms with E-state index < -0.39 is 0 Å². The molecule has 0 amide bonds. The van der Waals surface area contributed by atoms with Crippen LogP contribution >= 0.6 is 0 Å². The van der Waals surface area contributed by atoms with Crippen molar-refractivity contribution in [3.05, 3.63) is 12.4 Å². The summed E-state index contributed by atoms with van der Waals surface area (Å²) in [6, 6.07) is 2.48. The lowest BCUT2D eigenvalue weighted by molar-refractivity contribution is 0.640. The average Bonchev–Trinajstić information content (AvgIpc) is 2.65. The second-order valence-corrected chi connectivity index (χ2v) is 3.70. The molecule has 0 aromatic carbocycles. The number of hydrogen-bond acceptors (Lipinski definition) is 4. The van der Waals surface area contributed by atoms with Gasteiger partial charge in [-0.15, -0.1) is 0 Å². The molecule has 2 rings (SSSR count). The molecule has 4 nitrogen and oxygen atoms in total. The van der Waals surface area contributed by atoms with Gasteiger partial charge in [-0.1, -0.05) is 6.92 Å². The van der Waals surface area contributed by atoms with Crippen LogP contribution in [0, 0.1) is 0 Å². The lowest BCUT2D eigenvalue weighted by atomic mass is 10.2. The van der Waals surface area contributed by atoms with Gasteiger partial charge in [0.05, 0.1) is 0 Å². The Kier molecular flexibility index (Phi) is 2.52. The van der Waals surface area contributed by atoms with Crippen molar-refractivity contribution in [1.29, 1.82) is 0 Å². The highest BCUT2D eigenvalue weighted by molar-refractivity contribution is 5.47. The van der Waals surface area contributed by atoms with Crippen molar-refractivity contribution in [3.63, 3.8) is 0 Å². The zero-order valence-electron chi connectivity index (χ0n) is 8.48. The largest absolute Gasteiger partial charge is 0.384 e. The summed E-state index contributed by atoms with van der Waals surface area (Å²) < 4.78 is 0. The topological polar surface area (TPSA) is 55.0 Å². The van der Waals surface area contributed by atoms with Gasteiger partial charge in [-0.2, -0.15) is 0 Å². The van der Waals surface area contributed by atoms with E-state index in [1.165, 1.54) is 25.6 Å². The Morgan fingerprint density at radius 2 is 2.43 bits per heavy atom. The maximum Gasteiger partial charge on any atom is 0.134 e. The molecule has 2 N–H and O–H groups in total. The predicted molar refractivity (Wildman–Crippen MR) is 57.1 cm³/mol. The van der Waals surface area contributed by atoms with E-state index in [0.29, 0.717) is 11.9 Å². The van der Waals surface area contributed by atoms with Crippen molar-refractivity contribution >= 4 is 11.6 Å². The van der Waals surface area contributed by atoms with Crippen molar-refractivity contribution in [2.24, 2.45) is 0 Å². The van der Waals surface area contributed by atoms with Gasteiger partial charge in [-0.3, -0.25) is 0 Å². The fourth-order valence-corrected chi connectivity index (χ4v) is 2.08. The minimum Gasteiger partial charge on any atom is -0.384 e. The summed E-state index contributed by atoms with van der Waals surface area (Å²) >= 11 is 0. The van der Waals surface area contributed by atoms with E-state index in [-0.39, 0.29) is 0 Å². The summed E-state index contributed by atoms with van der Waals surface area (Å²) in [4.78, 5) is 10.5. The van der Waals surface area contributed by atoms with Gasteiger partial charge in [-0.05, 0) is 19.3 Å². The zero-order valence-corrected chi connectivity index (χ0v) is 8.48. The minimum absolute atomic E-state index is 0.553. The Labute approximate surface area is 84.2 Å². The monoisotopic (exact) mass is 192 g/mol. The Morgan fingerprint density at radius 1 is 1.57 bits per heavy atom. The van der Waals surface area contributed by atoms with Crippen molar-refractivity contribution in [2.75, 3.05) is 17.2 Å². The maximum absolute atomic E-state index is 5.64. The van der Waals surface area contributed by atoms with E-state index in [1.807, 2.05) is 6.07 Å². The third kappa shape index (κ3) is 1.64. The molecule has 1 aromatic rings. The average molecular weight is 192 g/mol. The SMILES string of the molecule is CCC1CCCN1c1cc(N)ncn1. The first kappa shape index (κ1) is 9.24. The number of nitrogens with two attached hydrogens (primary N) is 1. The molecule has 2 heterocycles. The molecule has 1 unspecified atom stereocenters. The van der Waals surface area contributed by atoms with E-state index in [2.05, 4.69) is 21.8 Å². The summed E-state index contributed by atoms with van der Waals surface area (Å²) in [6.07, 6.45) is 5.22. The van der Waals surface area contributed by atoms with Gasteiger partial charge in [-0.25, -0.2) is 9.97 Å². The molecule has 1 atom stereocenters. The lowest BCUT2D eigenvalue weighted by Gasteiger charge is -2.24. The Balaban J connectivity index is 2.21. The van der Waals surface area contributed by atoms with Crippen LogP contribution in [0.4, 0.5) is 11.6 Å². The number of anilines is 2. The molecule has 0 bridgehead atoms. The third-order valence-corrected chi connectivity index (χ3v) is 2.82. The van der Waals surface area contributed by atoms with E-state index >= 15 is 0 Å². The molecule has 1 aliphatic heterocycles. The van der Waals surface area contributed by atoms with Crippen LogP contribution < -0.4 is 10.6 Å². The Morgan fingerprint density at radius 3 is 3.14 bits per heavy atom. The van der Waals surface area contributed by atoms with E-state index in [4.69, 9.17) is 5.73 Å². The van der Waals surface area contributed by atoms with E-state index in [1.54, 1.807) is 0 Å². The number of aromatic nitrogens is 2. The van der Waals surface area contributed by atoms with Gasteiger partial charge in [0.2, 0.25) is 0 Å². The number of nitrogens with zero attached hydrogens (tertiary/aromatic N) is 3. The van der Waals surface area contributed by atoms with E-state index in [0.717, 1.165) is 12.4 Å². The van der Waals surface area contributed by atoms with Crippen molar-refractivity contribution in [1.82, 2.24) is 9.97 Å². The van der Waals surface area contributed by atoms with Crippen LogP contribution in [0.5, 0.6) is 0 Å². The van der Waals surface area contributed by atoms with Crippen LogP contribution in [-0.4, -0.2) is 22.6 Å². The van der Waals surface area contributed by atoms with Gasteiger partial charge in [0.15, 0.2) is 0 Å². The van der Waals surface area contributed by atoms with Crippen molar-refractivity contribution in [2.45, 2.75) is 32.2 Å². The fraction of sp³-hybridized carbons (Fsp3) is 0.600. The van der Waals surface area contributed by atoms with Crippen molar-refractivity contribution < 1.29 is 0 Å².